The second kappa shape index (κ2) is 9.14. The van der Waals surface area contributed by atoms with Crippen LogP contribution in [0, 0.1) is 5.82 Å². The monoisotopic (exact) mass is 495 g/mol. The second-order valence-corrected chi connectivity index (χ2v) is 8.40. The average molecular weight is 495 g/mol. The minimum atomic E-state index is -4.51. The Balaban J connectivity index is 1.77. The number of ether oxygens (including phenoxy) is 1. The predicted molar refractivity (Wildman–Crippen MR) is 126 cm³/mol. The fraction of sp³-hybridized carbons (Fsp3) is 0.185. The molecule has 0 aliphatic carbocycles. The minimum Gasteiger partial charge on any atom is -0.496 e. The first kappa shape index (κ1) is 23.6. The Hall–Kier alpha value is -4.14. The molecule has 9 heteroatoms. The van der Waals surface area contributed by atoms with Crippen molar-refractivity contribution in [3.05, 3.63) is 95.2 Å². The summed E-state index contributed by atoms with van der Waals surface area (Å²) < 4.78 is 60.9. The van der Waals surface area contributed by atoms with Crippen LogP contribution in [0.2, 0.25) is 0 Å². The Morgan fingerprint density at radius 1 is 1.00 bits per heavy atom. The van der Waals surface area contributed by atoms with Crippen LogP contribution in [0.5, 0.6) is 5.75 Å². The van der Waals surface area contributed by atoms with Gasteiger partial charge in [0.25, 0.3) is 5.91 Å². The van der Waals surface area contributed by atoms with Gasteiger partial charge in [-0.2, -0.15) is 13.2 Å². The highest BCUT2D eigenvalue weighted by atomic mass is 19.4. The molecular weight excluding hydrogens is 474 g/mol. The summed E-state index contributed by atoms with van der Waals surface area (Å²) in [6.07, 6.45) is -0.741. The van der Waals surface area contributed by atoms with Crippen molar-refractivity contribution in [2.75, 3.05) is 13.7 Å². The molecule has 0 fully saturated rings. The van der Waals surface area contributed by atoms with Crippen molar-refractivity contribution < 1.29 is 27.1 Å². The lowest BCUT2D eigenvalue weighted by molar-refractivity contribution is -0.137. The lowest BCUT2D eigenvalue weighted by Gasteiger charge is -2.19. The zero-order chi connectivity index (χ0) is 25.4. The van der Waals surface area contributed by atoms with Gasteiger partial charge in [-0.05, 0) is 42.0 Å². The molecule has 4 aromatic rings. The molecule has 0 saturated heterocycles. The number of nitrogens with one attached hydrogen (secondary N) is 1. The number of aromatic nitrogens is 2. The van der Waals surface area contributed by atoms with Crippen molar-refractivity contribution in [3.8, 4) is 28.1 Å². The summed E-state index contributed by atoms with van der Waals surface area (Å²) in [5.41, 5.74) is 3.64. The first-order chi connectivity index (χ1) is 17.3. The van der Waals surface area contributed by atoms with Gasteiger partial charge in [0.1, 0.15) is 11.6 Å². The van der Waals surface area contributed by atoms with E-state index in [1.54, 1.807) is 36.7 Å². The molecule has 36 heavy (non-hydrogen) atoms. The highest BCUT2D eigenvalue weighted by molar-refractivity contribution is 6.07. The quantitative estimate of drug-likeness (QED) is 0.361. The highest BCUT2D eigenvalue weighted by Crippen LogP contribution is 2.42. The maximum Gasteiger partial charge on any atom is 0.416 e. The molecule has 0 atom stereocenters. The van der Waals surface area contributed by atoms with E-state index in [1.807, 2.05) is 4.57 Å². The first-order valence-corrected chi connectivity index (χ1v) is 11.2. The zero-order valence-corrected chi connectivity index (χ0v) is 19.2. The average Bonchev–Trinajstić information content (AvgIpc) is 3.20. The van der Waals surface area contributed by atoms with E-state index >= 15 is 0 Å². The van der Waals surface area contributed by atoms with Crippen LogP contribution >= 0.6 is 0 Å². The van der Waals surface area contributed by atoms with E-state index in [2.05, 4.69) is 10.3 Å². The van der Waals surface area contributed by atoms with Gasteiger partial charge in [0.05, 0.1) is 30.5 Å². The molecule has 2 aromatic heterocycles. The van der Waals surface area contributed by atoms with E-state index in [9.17, 15) is 22.4 Å². The third-order valence-corrected chi connectivity index (χ3v) is 6.28. The Morgan fingerprint density at radius 3 is 2.39 bits per heavy atom. The van der Waals surface area contributed by atoms with Gasteiger partial charge < -0.3 is 14.6 Å². The van der Waals surface area contributed by atoms with Crippen molar-refractivity contribution in [2.24, 2.45) is 0 Å². The number of carbonyl (C=O) groups is 1. The van der Waals surface area contributed by atoms with Crippen molar-refractivity contribution in [1.82, 2.24) is 14.9 Å². The van der Waals surface area contributed by atoms with Gasteiger partial charge in [-0.1, -0.05) is 18.2 Å². The molecule has 1 aliphatic heterocycles. The molecule has 1 aliphatic rings. The molecule has 0 unspecified atom stereocenters. The number of carbonyl (C=O) groups excluding carboxylic acids is 1. The molecule has 3 heterocycles. The SMILES string of the molecule is COc1cc(C(F)(F)F)ccc1Cn1c2c(c(-c3ccc(F)cc3)c1-c1ccncc1)C(=O)NCC2. The fourth-order valence-corrected chi connectivity index (χ4v) is 4.66. The number of amides is 1. The number of methoxy groups -OCH3 is 1. The molecule has 5 nitrogen and oxygen atoms in total. The summed E-state index contributed by atoms with van der Waals surface area (Å²) in [5.74, 6) is -0.572. The summed E-state index contributed by atoms with van der Waals surface area (Å²) in [5, 5.41) is 2.87. The van der Waals surface area contributed by atoms with E-state index in [1.165, 1.54) is 25.3 Å². The van der Waals surface area contributed by atoms with Crippen molar-refractivity contribution >= 4 is 5.91 Å². The summed E-state index contributed by atoms with van der Waals surface area (Å²) >= 11 is 0. The molecule has 1 amide bonds. The van der Waals surface area contributed by atoms with Gasteiger partial charge in [0.2, 0.25) is 0 Å². The topological polar surface area (TPSA) is 56.2 Å². The van der Waals surface area contributed by atoms with Crippen LogP contribution in [0.15, 0.2) is 67.0 Å². The molecule has 2 aromatic carbocycles. The molecule has 0 bridgehead atoms. The number of hydrogen-bond acceptors (Lipinski definition) is 3. The summed E-state index contributed by atoms with van der Waals surface area (Å²) in [6, 6.07) is 12.9. The molecule has 5 rings (SSSR count). The third-order valence-electron chi connectivity index (χ3n) is 6.28. The van der Waals surface area contributed by atoms with Crippen molar-refractivity contribution in [2.45, 2.75) is 19.1 Å². The highest BCUT2D eigenvalue weighted by Gasteiger charge is 2.33. The van der Waals surface area contributed by atoms with Crippen molar-refractivity contribution in [3.63, 3.8) is 0 Å². The maximum absolute atomic E-state index is 13.7. The number of nitrogens with zero attached hydrogens (tertiary/aromatic N) is 2. The van der Waals surface area contributed by atoms with Gasteiger partial charge in [0, 0.05) is 47.7 Å². The maximum atomic E-state index is 13.7. The Labute approximate surface area is 204 Å². The number of hydrogen-bond donors (Lipinski definition) is 1. The van der Waals surface area contributed by atoms with Crippen LogP contribution in [0.25, 0.3) is 22.4 Å². The standard InChI is InChI=1S/C27H21F4N3O2/c1-36-22-14-19(27(29,30)31)5-2-18(22)15-34-21-10-13-33-26(35)24(21)23(16-3-6-20(28)7-4-16)25(34)17-8-11-32-12-9-17/h2-9,11-12,14H,10,13,15H2,1H3,(H,33,35). The molecule has 184 valence electrons. The second-order valence-electron chi connectivity index (χ2n) is 8.40. The Bertz CT molecular complexity index is 1430. The van der Waals surface area contributed by atoms with Gasteiger partial charge >= 0.3 is 6.18 Å². The van der Waals surface area contributed by atoms with Crippen LogP contribution in [-0.4, -0.2) is 29.1 Å². The van der Waals surface area contributed by atoms with Gasteiger partial charge in [0.15, 0.2) is 0 Å². The van der Waals surface area contributed by atoms with Crippen LogP contribution in [0.3, 0.4) is 0 Å². The lowest BCUT2D eigenvalue weighted by Crippen LogP contribution is -2.32. The van der Waals surface area contributed by atoms with E-state index in [4.69, 9.17) is 4.74 Å². The van der Waals surface area contributed by atoms with E-state index in [0.717, 1.165) is 23.4 Å². The van der Waals surface area contributed by atoms with Crippen LogP contribution in [-0.2, 0) is 19.1 Å². The lowest BCUT2D eigenvalue weighted by atomic mass is 9.95. The molecule has 0 radical (unpaired) electrons. The molecule has 0 spiro atoms. The number of halogens is 4. The van der Waals surface area contributed by atoms with Crippen LogP contribution < -0.4 is 10.1 Å². The Kier molecular flexibility index (Phi) is 5.99. The number of pyridine rings is 1. The summed E-state index contributed by atoms with van der Waals surface area (Å²) in [7, 11) is 1.32. The van der Waals surface area contributed by atoms with E-state index < -0.39 is 17.6 Å². The largest absolute Gasteiger partial charge is 0.496 e. The van der Waals surface area contributed by atoms with E-state index in [0.29, 0.717) is 40.9 Å². The third kappa shape index (κ3) is 4.21. The van der Waals surface area contributed by atoms with Crippen LogP contribution in [0.4, 0.5) is 17.6 Å². The van der Waals surface area contributed by atoms with Gasteiger partial charge in [-0.15, -0.1) is 0 Å². The molecule has 1 N–H and O–H groups in total. The van der Waals surface area contributed by atoms with Crippen molar-refractivity contribution in [1.29, 1.82) is 0 Å². The zero-order valence-electron chi connectivity index (χ0n) is 19.2. The van der Waals surface area contributed by atoms with Gasteiger partial charge in [-0.3, -0.25) is 9.78 Å². The molecule has 0 saturated carbocycles. The predicted octanol–water partition coefficient (Wildman–Crippen LogP) is 5.72. The minimum absolute atomic E-state index is 0.0940. The molecular formula is C27H21F4N3O2. The number of fused-ring (bicyclic) bond motifs is 1. The van der Waals surface area contributed by atoms with E-state index in [-0.39, 0.29) is 18.2 Å². The smallest absolute Gasteiger partial charge is 0.416 e. The number of rotatable bonds is 5. The first-order valence-electron chi connectivity index (χ1n) is 11.2. The number of benzene rings is 2. The van der Waals surface area contributed by atoms with Gasteiger partial charge in [-0.25, -0.2) is 4.39 Å². The summed E-state index contributed by atoms with van der Waals surface area (Å²) in [4.78, 5) is 17.2. The fourth-order valence-electron chi connectivity index (χ4n) is 4.66. The van der Waals surface area contributed by atoms with Crippen LogP contribution in [0.1, 0.15) is 27.2 Å². The Morgan fingerprint density at radius 2 is 1.72 bits per heavy atom. The normalized spacial score (nSPS) is 13.3. The number of alkyl halides is 3. The summed E-state index contributed by atoms with van der Waals surface area (Å²) in [6.45, 7) is 0.578.